The van der Waals surface area contributed by atoms with Crippen LogP contribution < -0.4 is 24.8 Å². The van der Waals surface area contributed by atoms with E-state index in [9.17, 15) is 22.8 Å². The zero-order valence-electron chi connectivity index (χ0n) is 19.7. The minimum Gasteiger partial charge on any atom is -0.493 e. The van der Waals surface area contributed by atoms with Crippen molar-refractivity contribution in [2.45, 2.75) is 10.5 Å². The van der Waals surface area contributed by atoms with Crippen molar-refractivity contribution in [3.63, 3.8) is 0 Å². The number of hydrogen-bond donors (Lipinski definition) is 2. The van der Waals surface area contributed by atoms with Gasteiger partial charge in [0.2, 0.25) is 22.7 Å². The molecule has 3 rings (SSSR count). The maximum atomic E-state index is 12.8. The van der Waals surface area contributed by atoms with E-state index in [1.165, 1.54) is 39.5 Å². The number of nitrogens with zero attached hydrogens (tertiary/aromatic N) is 2. The summed E-state index contributed by atoms with van der Waals surface area (Å²) >= 11 is 2.07. The molecule has 0 unspecified atom stereocenters. The molecule has 2 amide bonds. The van der Waals surface area contributed by atoms with Crippen molar-refractivity contribution in [1.29, 1.82) is 0 Å². The highest BCUT2D eigenvalue weighted by atomic mass is 32.2. The van der Waals surface area contributed by atoms with Crippen molar-refractivity contribution in [1.82, 2.24) is 10.2 Å². The number of hydrogen-bond acceptors (Lipinski definition) is 9. The van der Waals surface area contributed by atoms with Crippen molar-refractivity contribution in [2.24, 2.45) is 0 Å². The van der Waals surface area contributed by atoms with Crippen molar-refractivity contribution in [3.8, 4) is 17.2 Å². The van der Waals surface area contributed by atoms with E-state index in [-0.39, 0.29) is 16.6 Å². The lowest BCUT2D eigenvalue weighted by Crippen LogP contribution is -2.15. The summed E-state index contributed by atoms with van der Waals surface area (Å²) in [6, 6.07) is 7.70. The van der Waals surface area contributed by atoms with Gasteiger partial charge < -0.3 is 19.5 Å². The first-order valence-corrected chi connectivity index (χ1v) is 12.2. The number of alkyl halides is 3. The first-order valence-electron chi connectivity index (χ1n) is 10.4. The lowest BCUT2D eigenvalue weighted by Gasteiger charge is -2.12. The Labute approximate surface area is 218 Å². The SMILES string of the molecule is COc1cc(/C=C/C(=O)Nc2nnc(SCC(=O)Nc3cccc(C(F)(F)F)c3)s2)cc(OC)c1OC. The molecular weight excluding hydrogens is 533 g/mol. The van der Waals surface area contributed by atoms with Crippen LogP contribution in [0.5, 0.6) is 17.2 Å². The molecule has 2 N–H and O–H groups in total. The Balaban J connectivity index is 1.54. The number of nitrogens with one attached hydrogen (secondary N) is 2. The quantitative estimate of drug-likeness (QED) is 0.205. The number of aromatic nitrogens is 2. The normalized spacial score (nSPS) is 11.3. The lowest BCUT2D eigenvalue weighted by atomic mass is 10.1. The number of anilines is 2. The highest BCUT2D eigenvalue weighted by Gasteiger charge is 2.30. The molecule has 0 spiro atoms. The van der Waals surface area contributed by atoms with Gasteiger partial charge in [0.1, 0.15) is 0 Å². The monoisotopic (exact) mass is 554 g/mol. The Morgan fingerprint density at radius 3 is 2.35 bits per heavy atom. The highest BCUT2D eigenvalue weighted by Crippen LogP contribution is 2.38. The maximum Gasteiger partial charge on any atom is 0.416 e. The van der Waals surface area contributed by atoms with Gasteiger partial charge in [0.15, 0.2) is 15.8 Å². The van der Waals surface area contributed by atoms with E-state index in [4.69, 9.17) is 14.2 Å². The van der Waals surface area contributed by atoms with Gasteiger partial charge in [-0.05, 0) is 42.0 Å². The molecule has 1 aromatic heterocycles. The Bertz CT molecular complexity index is 1270. The van der Waals surface area contributed by atoms with Crippen molar-refractivity contribution in [2.75, 3.05) is 37.7 Å². The van der Waals surface area contributed by atoms with E-state index in [1.54, 1.807) is 18.2 Å². The second kappa shape index (κ2) is 12.5. The van der Waals surface area contributed by atoms with E-state index in [1.807, 2.05) is 0 Å². The van der Waals surface area contributed by atoms with Gasteiger partial charge in [-0.15, -0.1) is 10.2 Å². The molecule has 3 aromatic rings. The third-order valence-corrected chi connectivity index (χ3v) is 6.52. The number of carbonyl (C=O) groups is 2. The minimum absolute atomic E-state index is 0.0320. The Hall–Kier alpha value is -3.78. The molecule has 0 aliphatic carbocycles. The van der Waals surface area contributed by atoms with Crippen LogP contribution in [0.25, 0.3) is 6.08 Å². The zero-order chi connectivity index (χ0) is 27.0. The topological polar surface area (TPSA) is 112 Å². The van der Waals surface area contributed by atoms with Crippen LogP contribution >= 0.6 is 23.1 Å². The van der Waals surface area contributed by atoms with E-state index < -0.39 is 23.6 Å². The molecule has 0 atom stereocenters. The van der Waals surface area contributed by atoms with Crippen LogP contribution in [0.1, 0.15) is 11.1 Å². The summed E-state index contributed by atoms with van der Waals surface area (Å²) in [6.45, 7) is 0. The number of thioether (sulfide) groups is 1. The minimum atomic E-state index is -4.51. The molecule has 0 saturated carbocycles. The van der Waals surface area contributed by atoms with Crippen LogP contribution in [0.15, 0.2) is 46.8 Å². The fourth-order valence-corrected chi connectivity index (χ4v) is 4.49. The number of halogens is 3. The van der Waals surface area contributed by atoms with Gasteiger partial charge in [0.05, 0.1) is 32.6 Å². The van der Waals surface area contributed by atoms with E-state index in [2.05, 4.69) is 20.8 Å². The van der Waals surface area contributed by atoms with Crippen molar-refractivity contribution >= 4 is 51.8 Å². The van der Waals surface area contributed by atoms with E-state index >= 15 is 0 Å². The Kier molecular flexibility index (Phi) is 9.36. The predicted octanol–water partition coefficient (Wildman–Crippen LogP) is 4.97. The summed E-state index contributed by atoms with van der Waals surface area (Å²) in [7, 11) is 4.45. The fourth-order valence-electron chi connectivity index (χ4n) is 2.93. The van der Waals surface area contributed by atoms with E-state index in [0.717, 1.165) is 35.2 Å². The zero-order valence-corrected chi connectivity index (χ0v) is 21.3. The summed E-state index contributed by atoms with van der Waals surface area (Å²) in [5.74, 6) is 0.200. The molecule has 0 aliphatic rings. The van der Waals surface area contributed by atoms with Gasteiger partial charge in [-0.25, -0.2) is 0 Å². The molecular formula is C23H21F3N4O5S2. The van der Waals surface area contributed by atoms with Crippen LogP contribution in [0, 0.1) is 0 Å². The number of carbonyl (C=O) groups excluding carboxylic acids is 2. The Morgan fingerprint density at radius 1 is 1.03 bits per heavy atom. The largest absolute Gasteiger partial charge is 0.493 e. The second-order valence-electron chi connectivity index (χ2n) is 7.07. The first-order chi connectivity index (χ1) is 17.6. The molecule has 37 heavy (non-hydrogen) atoms. The molecule has 0 bridgehead atoms. The van der Waals surface area contributed by atoms with Gasteiger partial charge in [0.25, 0.3) is 0 Å². The van der Waals surface area contributed by atoms with Crippen LogP contribution in [-0.2, 0) is 15.8 Å². The van der Waals surface area contributed by atoms with Gasteiger partial charge in [-0.2, -0.15) is 13.2 Å². The number of benzene rings is 2. The van der Waals surface area contributed by atoms with Crippen LogP contribution in [0.2, 0.25) is 0 Å². The lowest BCUT2D eigenvalue weighted by molar-refractivity contribution is -0.137. The maximum absolute atomic E-state index is 12.8. The van der Waals surface area contributed by atoms with Crippen molar-refractivity contribution in [3.05, 3.63) is 53.6 Å². The highest BCUT2D eigenvalue weighted by molar-refractivity contribution is 8.01. The third kappa shape index (κ3) is 7.85. The Morgan fingerprint density at radius 2 is 1.73 bits per heavy atom. The molecule has 2 aromatic carbocycles. The van der Waals surface area contributed by atoms with Crippen LogP contribution in [0.4, 0.5) is 24.0 Å². The van der Waals surface area contributed by atoms with Crippen molar-refractivity contribution < 1.29 is 37.0 Å². The molecule has 1 heterocycles. The third-order valence-electron chi connectivity index (χ3n) is 4.55. The molecule has 0 radical (unpaired) electrons. The van der Waals surface area contributed by atoms with Gasteiger partial charge in [-0.1, -0.05) is 29.2 Å². The smallest absolute Gasteiger partial charge is 0.416 e. The number of ether oxygens (including phenoxy) is 3. The van der Waals surface area contributed by atoms with Gasteiger partial charge in [-0.3, -0.25) is 14.9 Å². The fraction of sp³-hybridized carbons (Fsp3) is 0.217. The molecule has 0 fully saturated rings. The second-order valence-corrected chi connectivity index (χ2v) is 9.27. The summed E-state index contributed by atoms with van der Waals surface area (Å²) < 4.78 is 54.7. The number of methoxy groups -OCH3 is 3. The summed E-state index contributed by atoms with van der Waals surface area (Å²) in [5.41, 5.74) is -0.198. The van der Waals surface area contributed by atoms with Gasteiger partial charge >= 0.3 is 6.18 Å². The summed E-state index contributed by atoms with van der Waals surface area (Å²) in [5, 5.41) is 12.9. The van der Waals surface area contributed by atoms with Crippen LogP contribution in [0.3, 0.4) is 0 Å². The summed E-state index contributed by atoms with van der Waals surface area (Å²) in [6.07, 6.45) is -1.67. The standard InChI is InChI=1S/C23H21F3N4O5S2/c1-33-16-9-13(10-17(34-2)20(16)35-3)7-8-18(31)28-21-29-30-22(37-21)36-12-19(32)27-15-6-4-5-14(11-15)23(24,25)26/h4-11H,12H2,1-3H3,(H,27,32)(H,28,29,31)/b8-7+. The molecule has 196 valence electrons. The van der Waals surface area contributed by atoms with Gasteiger partial charge in [0, 0.05) is 11.8 Å². The average Bonchev–Trinajstić information content (AvgIpc) is 3.32. The molecule has 9 nitrogen and oxygen atoms in total. The van der Waals surface area contributed by atoms with E-state index in [0.29, 0.717) is 27.2 Å². The predicted molar refractivity (Wildman–Crippen MR) is 134 cm³/mol. The molecule has 0 aliphatic heterocycles. The number of rotatable bonds is 10. The summed E-state index contributed by atoms with van der Waals surface area (Å²) in [4.78, 5) is 24.4. The first kappa shape index (κ1) is 27.8. The molecule has 14 heteroatoms. The number of amides is 2. The molecule has 0 saturated heterocycles. The van der Waals surface area contributed by atoms with Crippen LogP contribution in [-0.4, -0.2) is 49.1 Å². The average molecular weight is 555 g/mol.